The van der Waals surface area contributed by atoms with Crippen molar-refractivity contribution in [3.8, 4) is 0 Å². The molecule has 17 heavy (non-hydrogen) atoms. The highest BCUT2D eigenvalue weighted by atomic mass is 79.9. The van der Waals surface area contributed by atoms with Crippen LogP contribution in [0.3, 0.4) is 0 Å². The Bertz CT molecular complexity index is 490. The number of nitrogens with two attached hydrogens (primary N) is 1. The Morgan fingerprint density at radius 2 is 2.12 bits per heavy atom. The third-order valence-electron chi connectivity index (χ3n) is 2.43. The number of nitrogens with one attached hydrogen (secondary N) is 1. The Morgan fingerprint density at radius 3 is 2.76 bits per heavy atom. The van der Waals surface area contributed by atoms with Gasteiger partial charge in [-0.25, -0.2) is 0 Å². The zero-order chi connectivity index (χ0) is 12.3. The Kier molecular flexibility index (Phi) is 4.02. The third-order valence-corrected chi connectivity index (χ3v) is 4.26. The van der Waals surface area contributed by atoms with Gasteiger partial charge in [0.05, 0.1) is 22.0 Å². The highest BCUT2D eigenvalue weighted by molar-refractivity contribution is 9.10. The first-order valence-corrected chi connectivity index (χ1v) is 7.02. The van der Waals surface area contributed by atoms with Crippen molar-refractivity contribution in [1.82, 2.24) is 4.98 Å². The lowest BCUT2D eigenvalue weighted by atomic mass is 10.3. The molecule has 0 saturated carbocycles. The Balaban J connectivity index is 2.07. The zero-order valence-corrected chi connectivity index (χ0v) is 11.9. The number of anilines is 2. The Hall–Kier alpha value is -1.07. The van der Waals surface area contributed by atoms with E-state index in [1.54, 1.807) is 12.4 Å². The maximum atomic E-state index is 5.87. The molecule has 2 aromatic heterocycles. The molecule has 0 aliphatic rings. The maximum absolute atomic E-state index is 5.87. The number of pyridine rings is 1. The molecule has 2 aromatic rings. The van der Waals surface area contributed by atoms with Gasteiger partial charge in [0.25, 0.3) is 0 Å². The van der Waals surface area contributed by atoms with Crippen molar-refractivity contribution in [1.29, 1.82) is 0 Å². The lowest BCUT2D eigenvalue weighted by Crippen LogP contribution is -2.02. The van der Waals surface area contributed by atoms with E-state index in [9.17, 15) is 0 Å². The average Bonchev–Trinajstić information content (AvgIpc) is 2.76. The number of hydrogen-bond donors (Lipinski definition) is 2. The highest BCUT2D eigenvalue weighted by Crippen LogP contribution is 2.28. The molecular weight excluding hydrogens is 298 g/mol. The Labute approximate surface area is 113 Å². The van der Waals surface area contributed by atoms with Crippen LogP contribution in [0.5, 0.6) is 0 Å². The van der Waals surface area contributed by atoms with E-state index in [0.29, 0.717) is 5.69 Å². The van der Waals surface area contributed by atoms with Gasteiger partial charge in [0.2, 0.25) is 0 Å². The van der Waals surface area contributed by atoms with Crippen molar-refractivity contribution in [3.05, 3.63) is 38.8 Å². The van der Waals surface area contributed by atoms with Gasteiger partial charge in [0, 0.05) is 22.5 Å². The van der Waals surface area contributed by atoms with Gasteiger partial charge >= 0.3 is 0 Å². The molecule has 0 fully saturated rings. The number of rotatable bonds is 4. The van der Waals surface area contributed by atoms with Crippen LogP contribution in [0.25, 0.3) is 0 Å². The number of hydrogen-bond acceptors (Lipinski definition) is 4. The van der Waals surface area contributed by atoms with Gasteiger partial charge in [0.1, 0.15) is 0 Å². The lowest BCUT2D eigenvalue weighted by Gasteiger charge is -2.09. The zero-order valence-electron chi connectivity index (χ0n) is 9.53. The summed E-state index contributed by atoms with van der Waals surface area (Å²) >= 11 is 5.27. The van der Waals surface area contributed by atoms with Crippen LogP contribution < -0.4 is 11.1 Å². The van der Waals surface area contributed by atoms with Gasteiger partial charge in [-0.15, -0.1) is 11.3 Å². The van der Waals surface area contributed by atoms with E-state index < -0.39 is 0 Å². The summed E-state index contributed by atoms with van der Waals surface area (Å²) < 4.78 is 0.893. The summed E-state index contributed by atoms with van der Waals surface area (Å²) in [5, 5.41) is 3.33. The van der Waals surface area contributed by atoms with Crippen LogP contribution in [0.15, 0.2) is 29.0 Å². The van der Waals surface area contributed by atoms with Crippen LogP contribution in [-0.2, 0) is 13.0 Å². The van der Waals surface area contributed by atoms with Crippen LogP contribution in [0, 0.1) is 0 Å². The van der Waals surface area contributed by atoms with E-state index >= 15 is 0 Å². The molecule has 0 aromatic carbocycles. The molecule has 0 radical (unpaired) electrons. The van der Waals surface area contributed by atoms with Crippen LogP contribution >= 0.6 is 27.3 Å². The minimum Gasteiger partial charge on any atom is -0.396 e. The van der Waals surface area contributed by atoms with Crippen LogP contribution in [0.1, 0.15) is 16.7 Å². The summed E-state index contributed by atoms with van der Waals surface area (Å²) in [5.41, 5.74) is 7.43. The fraction of sp³-hybridized carbons (Fsp3) is 0.250. The summed E-state index contributed by atoms with van der Waals surface area (Å²) in [7, 11) is 0. The maximum Gasteiger partial charge on any atom is 0.0752 e. The van der Waals surface area contributed by atoms with Gasteiger partial charge in [-0.3, -0.25) is 4.98 Å². The first kappa shape index (κ1) is 12.4. The van der Waals surface area contributed by atoms with Crippen LogP contribution in [0.4, 0.5) is 11.4 Å². The van der Waals surface area contributed by atoms with E-state index in [0.717, 1.165) is 23.1 Å². The molecule has 3 N–H and O–H groups in total. The van der Waals surface area contributed by atoms with E-state index in [1.165, 1.54) is 9.75 Å². The second kappa shape index (κ2) is 5.51. The fourth-order valence-corrected chi connectivity index (χ4v) is 2.90. The molecule has 5 heteroatoms. The van der Waals surface area contributed by atoms with Gasteiger partial charge in [-0.2, -0.15) is 0 Å². The second-order valence-electron chi connectivity index (χ2n) is 3.66. The van der Waals surface area contributed by atoms with E-state index in [2.05, 4.69) is 45.3 Å². The van der Waals surface area contributed by atoms with Crippen LogP contribution in [-0.4, -0.2) is 4.98 Å². The molecule has 0 amide bonds. The second-order valence-corrected chi connectivity index (χ2v) is 5.77. The van der Waals surface area contributed by atoms with Crippen LogP contribution in [0.2, 0.25) is 0 Å². The SMILES string of the molecule is CCc1ccc(CNc2c(N)cncc2Br)s1. The number of thiophene rings is 1. The predicted molar refractivity (Wildman–Crippen MR) is 77.4 cm³/mol. The first-order valence-electron chi connectivity index (χ1n) is 5.41. The molecule has 3 nitrogen and oxygen atoms in total. The van der Waals surface area contributed by atoms with Crippen molar-refractivity contribution in [2.24, 2.45) is 0 Å². The van der Waals surface area contributed by atoms with Gasteiger partial charge in [0.15, 0.2) is 0 Å². The molecule has 0 spiro atoms. The number of nitrogen functional groups attached to an aromatic ring is 1. The standard InChI is InChI=1S/C12H14BrN3S/c1-2-8-3-4-9(17-8)5-16-12-10(13)6-15-7-11(12)14/h3-4,6-7H,2,5,14H2,1H3,(H,15,16). The third kappa shape index (κ3) is 2.98. The van der Waals surface area contributed by atoms with Gasteiger partial charge in [-0.1, -0.05) is 6.92 Å². The number of aromatic nitrogens is 1. The fourth-order valence-electron chi connectivity index (χ4n) is 1.52. The van der Waals surface area contributed by atoms with Crippen molar-refractivity contribution < 1.29 is 0 Å². The average molecular weight is 312 g/mol. The molecule has 0 aliphatic carbocycles. The number of halogens is 1. The van der Waals surface area contributed by atoms with Gasteiger partial charge in [-0.05, 0) is 34.5 Å². The summed E-state index contributed by atoms with van der Waals surface area (Å²) in [5.74, 6) is 0. The van der Waals surface area contributed by atoms with Crippen molar-refractivity contribution in [2.45, 2.75) is 19.9 Å². The largest absolute Gasteiger partial charge is 0.396 e. The highest BCUT2D eigenvalue weighted by Gasteiger charge is 2.05. The number of aryl methyl sites for hydroxylation is 1. The van der Waals surface area contributed by atoms with Crippen molar-refractivity contribution in [2.75, 3.05) is 11.1 Å². The summed E-state index contributed by atoms with van der Waals surface area (Å²) in [6.07, 6.45) is 4.48. The molecule has 0 unspecified atom stereocenters. The summed E-state index contributed by atoms with van der Waals surface area (Å²) in [6.45, 7) is 2.96. The number of nitrogens with zero attached hydrogens (tertiary/aromatic N) is 1. The molecule has 0 aliphatic heterocycles. The molecule has 2 heterocycles. The molecular formula is C12H14BrN3S. The molecule has 2 rings (SSSR count). The molecule has 0 bridgehead atoms. The summed E-state index contributed by atoms with van der Waals surface area (Å²) in [4.78, 5) is 6.72. The lowest BCUT2D eigenvalue weighted by molar-refractivity contribution is 1.17. The van der Waals surface area contributed by atoms with Gasteiger partial charge < -0.3 is 11.1 Å². The van der Waals surface area contributed by atoms with E-state index in [1.807, 2.05) is 11.3 Å². The van der Waals surface area contributed by atoms with Crippen molar-refractivity contribution >= 4 is 38.6 Å². The molecule has 0 atom stereocenters. The monoisotopic (exact) mass is 311 g/mol. The van der Waals surface area contributed by atoms with E-state index in [-0.39, 0.29) is 0 Å². The minimum absolute atomic E-state index is 0.659. The quantitative estimate of drug-likeness (QED) is 0.906. The summed E-state index contributed by atoms with van der Waals surface area (Å²) in [6, 6.07) is 4.33. The molecule has 0 saturated heterocycles. The van der Waals surface area contributed by atoms with Crippen molar-refractivity contribution in [3.63, 3.8) is 0 Å². The molecule has 90 valence electrons. The van der Waals surface area contributed by atoms with E-state index in [4.69, 9.17) is 5.73 Å². The minimum atomic E-state index is 0.659. The smallest absolute Gasteiger partial charge is 0.0752 e. The predicted octanol–water partition coefficient (Wildman–Crippen LogP) is 3.66. The first-order chi connectivity index (χ1) is 8.20. The Morgan fingerprint density at radius 1 is 1.35 bits per heavy atom. The normalized spacial score (nSPS) is 10.5. The topological polar surface area (TPSA) is 50.9 Å².